The zero-order valence-electron chi connectivity index (χ0n) is 10.7. The van der Waals surface area contributed by atoms with Gasteiger partial charge in [-0.05, 0) is 40.0 Å². The Balaban J connectivity index is 1.85. The maximum Gasteiger partial charge on any atom is 0.573 e. The molecule has 1 aromatic carbocycles. The van der Waals surface area contributed by atoms with E-state index in [4.69, 9.17) is 0 Å². The standard InChI is InChI=1S/C13H11BrF3N3O/c14-10-7-19-20-11(5-6-18-12(10)20)8-1-3-9(4-2-8)21-13(15,16)17/h1-4,7,11,18H,5-6H2. The number of hydrogen-bond donors (Lipinski definition) is 1. The summed E-state index contributed by atoms with van der Waals surface area (Å²) in [6.45, 7) is 0.774. The summed E-state index contributed by atoms with van der Waals surface area (Å²) in [6, 6.07) is 5.91. The maximum absolute atomic E-state index is 12.1. The van der Waals surface area contributed by atoms with Crippen LogP contribution in [0.25, 0.3) is 0 Å². The van der Waals surface area contributed by atoms with E-state index in [0.29, 0.717) is 0 Å². The van der Waals surface area contributed by atoms with Gasteiger partial charge in [0.15, 0.2) is 0 Å². The topological polar surface area (TPSA) is 39.1 Å². The molecular weight excluding hydrogens is 351 g/mol. The summed E-state index contributed by atoms with van der Waals surface area (Å²) in [5.74, 6) is 0.656. The van der Waals surface area contributed by atoms with Crippen molar-refractivity contribution in [3.63, 3.8) is 0 Å². The third-order valence-electron chi connectivity index (χ3n) is 3.25. The van der Waals surface area contributed by atoms with Gasteiger partial charge in [-0.1, -0.05) is 12.1 Å². The van der Waals surface area contributed by atoms with Crippen LogP contribution in [0.15, 0.2) is 34.9 Å². The highest BCUT2D eigenvalue weighted by Crippen LogP contribution is 2.34. The first-order chi connectivity index (χ1) is 9.94. The molecule has 0 amide bonds. The average molecular weight is 362 g/mol. The van der Waals surface area contributed by atoms with E-state index in [0.717, 1.165) is 28.8 Å². The van der Waals surface area contributed by atoms with E-state index < -0.39 is 6.36 Å². The van der Waals surface area contributed by atoms with Crippen molar-refractivity contribution in [3.05, 3.63) is 40.5 Å². The molecule has 21 heavy (non-hydrogen) atoms. The Morgan fingerprint density at radius 2 is 2.00 bits per heavy atom. The number of benzene rings is 1. The Morgan fingerprint density at radius 3 is 2.67 bits per heavy atom. The van der Waals surface area contributed by atoms with Crippen molar-refractivity contribution in [1.82, 2.24) is 9.78 Å². The smallest absolute Gasteiger partial charge is 0.406 e. The Morgan fingerprint density at radius 1 is 1.29 bits per heavy atom. The average Bonchev–Trinajstić information content (AvgIpc) is 2.80. The molecule has 0 bridgehead atoms. The molecule has 1 unspecified atom stereocenters. The van der Waals surface area contributed by atoms with Gasteiger partial charge in [0.1, 0.15) is 11.6 Å². The van der Waals surface area contributed by atoms with Crippen LogP contribution in [0.1, 0.15) is 18.0 Å². The van der Waals surface area contributed by atoms with Gasteiger partial charge in [-0.15, -0.1) is 13.2 Å². The van der Waals surface area contributed by atoms with Crippen LogP contribution in [0.5, 0.6) is 5.75 Å². The lowest BCUT2D eigenvalue weighted by Crippen LogP contribution is -2.24. The van der Waals surface area contributed by atoms with E-state index in [1.54, 1.807) is 18.3 Å². The van der Waals surface area contributed by atoms with Gasteiger partial charge in [-0.3, -0.25) is 0 Å². The molecule has 112 valence electrons. The summed E-state index contributed by atoms with van der Waals surface area (Å²) in [6.07, 6.45) is -2.17. The fourth-order valence-corrected chi connectivity index (χ4v) is 2.81. The largest absolute Gasteiger partial charge is 0.573 e. The third-order valence-corrected chi connectivity index (χ3v) is 3.84. The molecule has 2 heterocycles. The summed E-state index contributed by atoms with van der Waals surface area (Å²) >= 11 is 3.41. The van der Waals surface area contributed by atoms with E-state index in [2.05, 4.69) is 31.1 Å². The minimum atomic E-state index is -4.67. The van der Waals surface area contributed by atoms with Crippen molar-refractivity contribution in [2.75, 3.05) is 11.9 Å². The summed E-state index contributed by atoms with van der Waals surface area (Å²) in [4.78, 5) is 0. The number of rotatable bonds is 2. The zero-order chi connectivity index (χ0) is 15.0. The van der Waals surface area contributed by atoms with E-state index in [-0.39, 0.29) is 11.8 Å². The van der Waals surface area contributed by atoms with Gasteiger partial charge in [0.25, 0.3) is 0 Å². The number of halogens is 4. The molecule has 8 heteroatoms. The number of fused-ring (bicyclic) bond motifs is 1. The molecule has 0 saturated carbocycles. The van der Waals surface area contributed by atoms with Crippen LogP contribution in [-0.4, -0.2) is 22.7 Å². The Bertz CT molecular complexity index is 639. The van der Waals surface area contributed by atoms with E-state index in [1.807, 2.05) is 4.68 Å². The quantitative estimate of drug-likeness (QED) is 0.880. The second-order valence-electron chi connectivity index (χ2n) is 4.63. The zero-order valence-corrected chi connectivity index (χ0v) is 12.3. The second kappa shape index (κ2) is 5.25. The second-order valence-corrected chi connectivity index (χ2v) is 5.49. The first-order valence-electron chi connectivity index (χ1n) is 6.26. The third kappa shape index (κ3) is 2.99. The van der Waals surface area contributed by atoms with Gasteiger partial charge < -0.3 is 10.1 Å². The molecule has 1 N–H and O–H groups in total. The molecule has 0 fully saturated rings. The van der Waals surface area contributed by atoms with Crippen molar-refractivity contribution < 1.29 is 17.9 Å². The Labute approximate surface area is 127 Å². The molecule has 1 aliphatic rings. The minimum absolute atomic E-state index is 0.00696. The van der Waals surface area contributed by atoms with Crippen molar-refractivity contribution in [2.45, 2.75) is 18.8 Å². The molecule has 1 aliphatic heterocycles. The van der Waals surface area contributed by atoms with Crippen LogP contribution in [-0.2, 0) is 0 Å². The lowest BCUT2D eigenvalue weighted by molar-refractivity contribution is -0.274. The molecule has 4 nitrogen and oxygen atoms in total. The number of aromatic nitrogens is 2. The maximum atomic E-state index is 12.1. The van der Waals surface area contributed by atoms with Gasteiger partial charge in [0, 0.05) is 6.54 Å². The minimum Gasteiger partial charge on any atom is -0.406 e. The van der Waals surface area contributed by atoms with Gasteiger partial charge in [0.2, 0.25) is 0 Å². The summed E-state index contributed by atoms with van der Waals surface area (Å²) in [5.41, 5.74) is 0.892. The molecule has 2 aromatic rings. The van der Waals surface area contributed by atoms with Crippen LogP contribution in [0.3, 0.4) is 0 Å². The normalized spacial score (nSPS) is 18.0. The number of ether oxygens (including phenoxy) is 1. The predicted octanol–water partition coefficient (Wildman–Crippen LogP) is 3.95. The first-order valence-corrected chi connectivity index (χ1v) is 7.06. The highest BCUT2D eigenvalue weighted by molar-refractivity contribution is 9.10. The molecule has 0 aliphatic carbocycles. The highest BCUT2D eigenvalue weighted by atomic mass is 79.9. The van der Waals surface area contributed by atoms with E-state index >= 15 is 0 Å². The van der Waals surface area contributed by atoms with Crippen LogP contribution in [0, 0.1) is 0 Å². The Kier molecular flexibility index (Phi) is 3.56. The van der Waals surface area contributed by atoms with Crippen LogP contribution >= 0.6 is 15.9 Å². The highest BCUT2D eigenvalue weighted by Gasteiger charge is 2.31. The van der Waals surface area contributed by atoms with Gasteiger partial charge in [-0.25, -0.2) is 4.68 Å². The first kappa shape index (κ1) is 14.2. The molecule has 0 spiro atoms. The van der Waals surface area contributed by atoms with Gasteiger partial charge in [-0.2, -0.15) is 5.10 Å². The molecule has 1 atom stereocenters. The van der Waals surface area contributed by atoms with Crippen LogP contribution < -0.4 is 10.1 Å². The lowest BCUT2D eigenvalue weighted by Gasteiger charge is -2.26. The van der Waals surface area contributed by atoms with Gasteiger partial charge in [0.05, 0.1) is 16.7 Å². The van der Waals surface area contributed by atoms with Crippen LogP contribution in [0.2, 0.25) is 0 Å². The summed E-state index contributed by atoms with van der Waals surface area (Å²) < 4.78 is 43.0. The molecule has 0 radical (unpaired) electrons. The molecule has 0 saturated heterocycles. The monoisotopic (exact) mass is 361 g/mol. The van der Waals surface area contributed by atoms with Crippen LogP contribution in [0.4, 0.5) is 19.0 Å². The summed E-state index contributed by atoms with van der Waals surface area (Å²) in [5, 5.41) is 7.53. The number of nitrogens with zero attached hydrogens (tertiary/aromatic N) is 2. The van der Waals surface area contributed by atoms with Crippen molar-refractivity contribution in [3.8, 4) is 5.75 Å². The van der Waals surface area contributed by atoms with Gasteiger partial charge >= 0.3 is 6.36 Å². The number of alkyl halides is 3. The van der Waals surface area contributed by atoms with Crippen molar-refractivity contribution >= 4 is 21.7 Å². The van der Waals surface area contributed by atoms with Crippen molar-refractivity contribution in [2.24, 2.45) is 0 Å². The number of anilines is 1. The summed E-state index contributed by atoms with van der Waals surface area (Å²) in [7, 11) is 0. The Hall–Kier alpha value is -1.70. The fraction of sp³-hybridized carbons (Fsp3) is 0.308. The predicted molar refractivity (Wildman–Crippen MR) is 74.3 cm³/mol. The number of hydrogen-bond acceptors (Lipinski definition) is 3. The molecule has 1 aromatic heterocycles. The van der Waals surface area contributed by atoms with Crippen molar-refractivity contribution in [1.29, 1.82) is 0 Å². The number of nitrogens with one attached hydrogen (secondary N) is 1. The fourth-order valence-electron chi connectivity index (χ4n) is 2.39. The van der Waals surface area contributed by atoms with E-state index in [9.17, 15) is 13.2 Å². The molecular formula is C13H11BrF3N3O. The van der Waals surface area contributed by atoms with E-state index in [1.165, 1.54) is 12.1 Å². The SMILES string of the molecule is FC(F)(F)Oc1ccc(C2CCNc3c(Br)cnn32)cc1. The lowest BCUT2D eigenvalue weighted by atomic mass is 10.0. The molecule has 3 rings (SSSR count).